The lowest BCUT2D eigenvalue weighted by molar-refractivity contribution is 0.0703. The highest BCUT2D eigenvalue weighted by molar-refractivity contribution is 7.92. The normalized spacial score (nSPS) is 27.6. The largest absolute Gasteiger partial charge is 0.379 e. The second kappa shape index (κ2) is 6.77. The van der Waals surface area contributed by atoms with E-state index in [1.54, 1.807) is 6.07 Å². The Balaban J connectivity index is 1.80. The molecule has 1 unspecified atom stereocenters. The van der Waals surface area contributed by atoms with Crippen LogP contribution in [0.5, 0.6) is 0 Å². The molecule has 0 aromatic carbocycles. The van der Waals surface area contributed by atoms with Crippen LogP contribution >= 0.6 is 11.3 Å². The van der Waals surface area contributed by atoms with Crippen molar-refractivity contribution in [3.8, 4) is 0 Å². The minimum absolute atomic E-state index is 0.0178. The Bertz CT molecular complexity index is 724. The summed E-state index contributed by atoms with van der Waals surface area (Å²) in [6.07, 6.45) is 0.298. The van der Waals surface area contributed by atoms with E-state index in [0.29, 0.717) is 32.7 Å². The van der Waals surface area contributed by atoms with Crippen LogP contribution in [0.3, 0.4) is 0 Å². The molecule has 1 atom stereocenters. The molecule has 2 fully saturated rings. The molecule has 0 N–H and O–H groups in total. The van der Waals surface area contributed by atoms with Gasteiger partial charge in [-0.3, -0.25) is 0 Å². The number of thiophene rings is 1. The van der Waals surface area contributed by atoms with Gasteiger partial charge in [-0.25, -0.2) is 8.42 Å². The Morgan fingerprint density at radius 3 is 2.48 bits per heavy atom. The predicted molar refractivity (Wildman–Crippen MR) is 88.3 cm³/mol. The Morgan fingerprint density at radius 1 is 1.13 bits per heavy atom. The maximum Gasteiger partial charge on any atom is 0.282 e. The van der Waals surface area contributed by atoms with Crippen molar-refractivity contribution in [2.24, 2.45) is 0 Å². The average molecular weight is 381 g/mol. The second-order valence-electron chi connectivity index (χ2n) is 5.58. The molecular weight excluding hydrogens is 360 g/mol. The third-order valence-electron chi connectivity index (χ3n) is 4.18. The molecule has 3 heterocycles. The van der Waals surface area contributed by atoms with Gasteiger partial charge in [0.25, 0.3) is 10.2 Å². The summed E-state index contributed by atoms with van der Waals surface area (Å²) in [5.74, 6) is -0.140. The zero-order chi connectivity index (χ0) is 16.5. The third-order valence-corrected chi connectivity index (χ3v) is 9.46. The van der Waals surface area contributed by atoms with Crippen LogP contribution in [0.2, 0.25) is 0 Å². The number of hydrogen-bond acceptors (Lipinski definition) is 6. The van der Waals surface area contributed by atoms with Crippen molar-refractivity contribution in [1.29, 1.82) is 0 Å². The lowest BCUT2D eigenvalue weighted by Gasteiger charge is -2.31. The molecule has 23 heavy (non-hydrogen) atoms. The quantitative estimate of drug-likeness (QED) is 0.762. The molecule has 2 aliphatic heterocycles. The Labute approximate surface area is 140 Å². The van der Waals surface area contributed by atoms with E-state index < -0.39 is 25.3 Å². The van der Waals surface area contributed by atoms with E-state index in [2.05, 4.69) is 0 Å². The predicted octanol–water partition coefficient (Wildman–Crippen LogP) is 0.487. The van der Waals surface area contributed by atoms with E-state index >= 15 is 0 Å². The minimum atomic E-state index is -3.63. The fourth-order valence-electron chi connectivity index (χ4n) is 2.89. The summed E-state index contributed by atoms with van der Waals surface area (Å²) in [5.41, 5.74) is 0. The van der Waals surface area contributed by atoms with Gasteiger partial charge in [-0.05, 0) is 17.9 Å². The molecule has 10 heteroatoms. The highest BCUT2D eigenvalue weighted by atomic mass is 32.2. The van der Waals surface area contributed by atoms with Gasteiger partial charge in [0, 0.05) is 31.1 Å². The summed E-state index contributed by atoms with van der Waals surface area (Å²) in [4.78, 5) is 0.788. The Kier molecular flexibility index (Phi) is 5.09. The smallest absolute Gasteiger partial charge is 0.282 e. The Morgan fingerprint density at radius 2 is 1.83 bits per heavy atom. The molecule has 0 spiro atoms. The van der Waals surface area contributed by atoms with Gasteiger partial charge in [0.1, 0.15) is 0 Å². The summed E-state index contributed by atoms with van der Waals surface area (Å²) in [6.45, 7) is 1.64. The first-order chi connectivity index (χ1) is 10.9. The number of sulfone groups is 1. The molecule has 0 aliphatic carbocycles. The molecular formula is C13H20N2O5S3. The van der Waals surface area contributed by atoms with Crippen molar-refractivity contribution in [3.05, 3.63) is 22.4 Å². The van der Waals surface area contributed by atoms with Crippen LogP contribution in [0, 0.1) is 0 Å². The van der Waals surface area contributed by atoms with E-state index in [1.807, 2.05) is 11.4 Å². The van der Waals surface area contributed by atoms with Gasteiger partial charge in [-0.1, -0.05) is 6.07 Å². The van der Waals surface area contributed by atoms with Crippen LogP contribution in [-0.4, -0.2) is 70.6 Å². The summed E-state index contributed by atoms with van der Waals surface area (Å²) >= 11 is 1.40. The van der Waals surface area contributed by atoms with E-state index in [-0.39, 0.29) is 18.8 Å². The van der Waals surface area contributed by atoms with Crippen LogP contribution in [0.4, 0.5) is 0 Å². The molecule has 0 saturated carbocycles. The number of nitrogens with zero attached hydrogens (tertiary/aromatic N) is 2. The van der Waals surface area contributed by atoms with Crippen LogP contribution in [0.25, 0.3) is 0 Å². The van der Waals surface area contributed by atoms with Gasteiger partial charge >= 0.3 is 0 Å². The molecule has 0 radical (unpaired) electrons. The maximum absolute atomic E-state index is 12.7. The first-order valence-electron chi connectivity index (χ1n) is 7.49. The molecule has 2 aliphatic rings. The van der Waals surface area contributed by atoms with Crippen molar-refractivity contribution in [1.82, 2.24) is 8.61 Å². The molecule has 7 nitrogen and oxygen atoms in total. The van der Waals surface area contributed by atoms with Crippen molar-refractivity contribution in [3.63, 3.8) is 0 Å². The molecule has 1 aromatic heterocycles. The molecule has 1 aromatic rings. The van der Waals surface area contributed by atoms with E-state index in [1.165, 1.54) is 19.9 Å². The fourth-order valence-corrected chi connectivity index (χ4v) is 7.60. The number of morpholine rings is 1. The van der Waals surface area contributed by atoms with Crippen molar-refractivity contribution >= 4 is 31.4 Å². The van der Waals surface area contributed by atoms with Gasteiger partial charge in [0.2, 0.25) is 0 Å². The number of hydrogen-bond donors (Lipinski definition) is 0. The molecule has 130 valence electrons. The summed E-state index contributed by atoms with van der Waals surface area (Å²) in [7, 11) is -6.97. The zero-order valence-corrected chi connectivity index (χ0v) is 15.1. The van der Waals surface area contributed by atoms with Gasteiger partial charge < -0.3 is 4.74 Å². The van der Waals surface area contributed by atoms with Crippen LogP contribution in [0.1, 0.15) is 16.5 Å². The second-order valence-corrected chi connectivity index (χ2v) is 10.8. The van der Waals surface area contributed by atoms with E-state index in [4.69, 9.17) is 4.74 Å². The van der Waals surface area contributed by atoms with Crippen LogP contribution in [-0.2, 0) is 24.8 Å². The first-order valence-corrected chi connectivity index (χ1v) is 11.5. The van der Waals surface area contributed by atoms with Gasteiger partial charge in [-0.2, -0.15) is 17.0 Å². The van der Waals surface area contributed by atoms with Crippen LogP contribution < -0.4 is 0 Å². The van der Waals surface area contributed by atoms with Crippen molar-refractivity contribution in [2.45, 2.75) is 11.7 Å². The standard InChI is InChI=1S/C13H20N2O5S3/c16-22(17)11-7-14(4-3-13(22)12-2-1-10-21-12)23(18,19)15-5-8-20-9-6-15/h1-2,10,13H,3-9,11H2. The summed E-state index contributed by atoms with van der Waals surface area (Å²) in [6, 6.07) is 3.63. The van der Waals surface area contributed by atoms with Gasteiger partial charge in [-0.15, -0.1) is 11.3 Å². The minimum Gasteiger partial charge on any atom is -0.379 e. The van der Waals surface area contributed by atoms with Crippen molar-refractivity contribution in [2.75, 3.05) is 45.1 Å². The number of ether oxygens (including phenoxy) is 1. The summed E-state index contributed by atoms with van der Waals surface area (Å²) in [5, 5.41) is 1.24. The lowest BCUT2D eigenvalue weighted by Crippen LogP contribution is -2.49. The van der Waals surface area contributed by atoms with Gasteiger partial charge in [0.15, 0.2) is 9.84 Å². The number of rotatable bonds is 3. The Hall–Kier alpha value is -0.520. The average Bonchev–Trinajstić information content (AvgIpc) is 2.99. The van der Waals surface area contributed by atoms with E-state index in [9.17, 15) is 16.8 Å². The monoisotopic (exact) mass is 380 g/mol. The molecule has 0 bridgehead atoms. The topological polar surface area (TPSA) is 84.0 Å². The third kappa shape index (κ3) is 3.62. The van der Waals surface area contributed by atoms with Gasteiger partial charge in [0.05, 0.1) is 24.2 Å². The first kappa shape index (κ1) is 17.3. The SMILES string of the molecule is O=S1(=O)CCN(S(=O)(=O)N2CCOCC2)CCC1c1cccs1. The highest BCUT2D eigenvalue weighted by Gasteiger charge is 2.38. The molecule has 3 rings (SSSR count). The van der Waals surface area contributed by atoms with Crippen LogP contribution in [0.15, 0.2) is 17.5 Å². The van der Waals surface area contributed by atoms with E-state index in [0.717, 1.165) is 4.88 Å². The lowest BCUT2D eigenvalue weighted by atomic mass is 10.2. The fraction of sp³-hybridized carbons (Fsp3) is 0.692. The molecule has 0 amide bonds. The summed E-state index contributed by atoms with van der Waals surface area (Å²) < 4.78 is 58.3. The molecule has 2 saturated heterocycles. The van der Waals surface area contributed by atoms with Crippen molar-refractivity contribution < 1.29 is 21.6 Å². The highest BCUT2D eigenvalue weighted by Crippen LogP contribution is 2.33. The zero-order valence-electron chi connectivity index (χ0n) is 12.6. The maximum atomic E-state index is 12.7.